The summed E-state index contributed by atoms with van der Waals surface area (Å²) in [5.74, 6) is 1.76. The zero-order valence-electron chi connectivity index (χ0n) is 11.0. The van der Waals surface area contributed by atoms with Crippen LogP contribution in [0.3, 0.4) is 0 Å². The fourth-order valence-corrected chi connectivity index (χ4v) is 1.63. The van der Waals surface area contributed by atoms with E-state index in [-0.39, 0.29) is 6.10 Å². The summed E-state index contributed by atoms with van der Waals surface area (Å²) in [6.45, 7) is 2.78. The van der Waals surface area contributed by atoms with Crippen molar-refractivity contribution in [2.75, 3.05) is 13.6 Å². The summed E-state index contributed by atoms with van der Waals surface area (Å²) in [4.78, 5) is 4.19. The summed E-state index contributed by atoms with van der Waals surface area (Å²) in [6, 6.07) is 10.5. The molecule has 4 nitrogen and oxygen atoms in total. The molecule has 1 saturated carbocycles. The van der Waals surface area contributed by atoms with Crippen LogP contribution in [0.2, 0.25) is 0 Å². The summed E-state index contributed by atoms with van der Waals surface area (Å²) in [5.41, 5.74) is 0. The first-order valence-corrected chi connectivity index (χ1v) is 6.47. The Hall–Kier alpha value is -1.71. The molecule has 1 fully saturated rings. The molecule has 1 aromatic rings. The monoisotopic (exact) mass is 247 g/mol. The molecule has 1 aromatic carbocycles. The van der Waals surface area contributed by atoms with Gasteiger partial charge in [0.1, 0.15) is 11.9 Å². The van der Waals surface area contributed by atoms with Crippen molar-refractivity contribution in [2.24, 2.45) is 4.99 Å². The third kappa shape index (κ3) is 4.28. The molecule has 0 bridgehead atoms. The lowest BCUT2D eigenvalue weighted by molar-refractivity contribution is 0.224. The van der Waals surface area contributed by atoms with E-state index in [9.17, 15) is 0 Å². The van der Waals surface area contributed by atoms with Gasteiger partial charge in [-0.25, -0.2) is 0 Å². The van der Waals surface area contributed by atoms with Crippen molar-refractivity contribution < 1.29 is 4.74 Å². The molecule has 0 amide bonds. The fourth-order valence-electron chi connectivity index (χ4n) is 1.63. The molecule has 1 aliphatic carbocycles. The van der Waals surface area contributed by atoms with Crippen molar-refractivity contribution in [3.8, 4) is 5.75 Å². The Bertz CT molecular complexity index is 387. The lowest BCUT2D eigenvalue weighted by atomic mass is 10.3. The van der Waals surface area contributed by atoms with Crippen molar-refractivity contribution in [1.82, 2.24) is 10.6 Å². The predicted molar refractivity (Wildman–Crippen MR) is 74.1 cm³/mol. The van der Waals surface area contributed by atoms with E-state index >= 15 is 0 Å². The number of benzene rings is 1. The van der Waals surface area contributed by atoms with Crippen LogP contribution in [0.25, 0.3) is 0 Å². The third-order valence-electron chi connectivity index (χ3n) is 2.78. The van der Waals surface area contributed by atoms with Crippen LogP contribution in [0.1, 0.15) is 19.8 Å². The number of guanidine groups is 1. The van der Waals surface area contributed by atoms with Crippen LogP contribution in [-0.4, -0.2) is 31.7 Å². The molecule has 98 valence electrons. The molecule has 18 heavy (non-hydrogen) atoms. The normalized spacial score (nSPS) is 17.1. The first kappa shape index (κ1) is 12.7. The number of para-hydroxylation sites is 1. The van der Waals surface area contributed by atoms with Crippen LogP contribution in [0.5, 0.6) is 5.75 Å². The second kappa shape index (κ2) is 6.28. The zero-order valence-corrected chi connectivity index (χ0v) is 11.0. The van der Waals surface area contributed by atoms with E-state index in [0.717, 1.165) is 18.3 Å². The van der Waals surface area contributed by atoms with E-state index < -0.39 is 0 Å². The quantitative estimate of drug-likeness (QED) is 0.616. The summed E-state index contributed by atoms with van der Waals surface area (Å²) in [6.07, 6.45) is 2.60. The number of ether oxygens (including phenoxy) is 1. The van der Waals surface area contributed by atoms with Gasteiger partial charge in [0, 0.05) is 13.1 Å². The maximum atomic E-state index is 5.78. The van der Waals surface area contributed by atoms with Crippen molar-refractivity contribution in [2.45, 2.75) is 31.9 Å². The molecule has 0 radical (unpaired) electrons. The van der Waals surface area contributed by atoms with Crippen molar-refractivity contribution in [3.63, 3.8) is 0 Å². The SMILES string of the molecule is CN=C(NCC(C)Oc1ccccc1)NC1CC1. The van der Waals surface area contributed by atoms with Crippen LogP contribution in [-0.2, 0) is 0 Å². The summed E-state index contributed by atoms with van der Waals surface area (Å²) >= 11 is 0. The lowest BCUT2D eigenvalue weighted by Gasteiger charge is -2.17. The van der Waals surface area contributed by atoms with Gasteiger partial charge < -0.3 is 15.4 Å². The number of nitrogens with one attached hydrogen (secondary N) is 2. The van der Waals surface area contributed by atoms with Crippen LogP contribution in [0.4, 0.5) is 0 Å². The van der Waals surface area contributed by atoms with E-state index in [4.69, 9.17) is 4.74 Å². The van der Waals surface area contributed by atoms with E-state index in [2.05, 4.69) is 15.6 Å². The van der Waals surface area contributed by atoms with Gasteiger partial charge in [-0.05, 0) is 31.9 Å². The van der Waals surface area contributed by atoms with Gasteiger partial charge >= 0.3 is 0 Å². The molecule has 0 heterocycles. The van der Waals surface area contributed by atoms with Gasteiger partial charge in [-0.2, -0.15) is 0 Å². The van der Waals surface area contributed by atoms with Gasteiger partial charge in [-0.1, -0.05) is 18.2 Å². The van der Waals surface area contributed by atoms with E-state index in [1.165, 1.54) is 12.8 Å². The van der Waals surface area contributed by atoms with Crippen molar-refractivity contribution in [3.05, 3.63) is 30.3 Å². The maximum absolute atomic E-state index is 5.78. The smallest absolute Gasteiger partial charge is 0.191 e. The average Bonchev–Trinajstić information content (AvgIpc) is 3.19. The standard InChI is InChI=1S/C14H21N3O/c1-11(18-13-6-4-3-5-7-13)10-16-14(15-2)17-12-8-9-12/h3-7,11-12H,8-10H2,1-2H3,(H2,15,16,17). The highest BCUT2D eigenvalue weighted by atomic mass is 16.5. The van der Waals surface area contributed by atoms with Crippen LogP contribution >= 0.6 is 0 Å². The van der Waals surface area contributed by atoms with Crippen molar-refractivity contribution >= 4 is 5.96 Å². The molecule has 0 saturated heterocycles. The van der Waals surface area contributed by atoms with Crippen LogP contribution in [0, 0.1) is 0 Å². The van der Waals surface area contributed by atoms with Crippen LogP contribution in [0.15, 0.2) is 35.3 Å². The molecule has 1 atom stereocenters. The molecule has 0 aliphatic heterocycles. The van der Waals surface area contributed by atoms with E-state index in [1.54, 1.807) is 7.05 Å². The van der Waals surface area contributed by atoms with Gasteiger partial charge in [0.25, 0.3) is 0 Å². The molecular weight excluding hydrogens is 226 g/mol. The number of hydrogen-bond donors (Lipinski definition) is 2. The number of aliphatic imine (C=N–C) groups is 1. The molecule has 4 heteroatoms. The Morgan fingerprint density at radius 3 is 2.72 bits per heavy atom. The summed E-state index contributed by atoms with van der Waals surface area (Å²) in [5, 5.41) is 6.62. The van der Waals surface area contributed by atoms with E-state index in [1.807, 2.05) is 37.3 Å². The topological polar surface area (TPSA) is 45.7 Å². The van der Waals surface area contributed by atoms with Gasteiger partial charge in [-0.3, -0.25) is 4.99 Å². The highest BCUT2D eigenvalue weighted by Gasteiger charge is 2.22. The summed E-state index contributed by atoms with van der Waals surface area (Å²) < 4.78 is 5.78. The second-order valence-corrected chi connectivity index (χ2v) is 4.61. The average molecular weight is 247 g/mol. The Morgan fingerprint density at radius 1 is 1.39 bits per heavy atom. The fraction of sp³-hybridized carbons (Fsp3) is 0.500. The van der Waals surface area contributed by atoms with Gasteiger partial charge in [0.15, 0.2) is 5.96 Å². The van der Waals surface area contributed by atoms with Gasteiger partial charge in [-0.15, -0.1) is 0 Å². The Kier molecular flexibility index (Phi) is 4.45. The number of nitrogens with zero attached hydrogens (tertiary/aromatic N) is 1. The minimum atomic E-state index is 0.102. The molecular formula is C14H21N3O. The first-order chi connectivity index (χ1) is 8.78. The molecule has 2 N–H and O–H groups in total. The van der Waals surface area contributed by atoms with Gasteiger partial charge in [0.2, 0.25) is 0 Å². The van der Waals surface area contributed by atoms with Crippen LogP contribution < -0.4 is 15.4 Å². The molecule has 2 rings (SSSR count). The zero-order chi connectivity index (χ0) is 12.8. The highest BCUT2D eigenvalue weighted by Crippen LogP contribution is 2.18. The Balaban J connectivity index is 1.71. The predicted octanol–water partition coefficient (Wildman–Crippen LogP) is 1.78. The summed E-state index contributed by atoms with van der Waals surface area (Å²) in [7, 11) is 1.79. The number of hydrogen-bond acceptors (Lipinski definition) is 2. The lowest BCUT2D eigenvalue weighted by Crippen LogP contribution is -2.42. The molecule has 1 aliphatic rings. The van der Waals surface area contributed by atoms with Crippen molar-refractivity contribution in [1.29, 1.82) is 0 Å². The molecule has 0 spiro atoms. The van der Waals surface area contributed by atoms with E-state index in [0.29, 0.717) is 6.04 Å². The largest absolute Gasteiger partial charge is 0.489 e. The number of rotatable bonds is 5. The Morgan fingerprint density at radius 2 is 2.11 bits per heavy atom. The molecule has 0 aromatic heterocycles. The second-order valence-electron chi connectivity index (χ2n) is 4.61. The Labute approximate surface area is 108 Å². The highest BCUT2D eigenvalue weighted by molar-refractivity contribution is 5.80. The minimum Gasteiger partial charge on any atom is -0.489 e. The first-order valence-electron chi connectivity index (χ1n) is 6.47. The van der Waals surface area contributed by atoms with Gasteiger partial charge in [0.05, 0.1) is 6.54 Å². The molecule has 1 unspecified atom stereocenters. The third-order valence-corrected chi connectivity index (χ3v) is 2.78. The maximum Gasteiger partial charge on any atom is 0.191 e. The minimum absolute atomic E-state index is 0.102.